The Balaban J connectivity index is 2.82. The zero-order valence-corrected chi connectivity index (χ0v) is 15.2. The van der Waals surface area contributed by atoms with E-state index in [2.05, 4.69) is 11.9 Å². The molecule has 25 heavy (non-hydrogen) atoms. The lowest BCUT2D eigenvalue weighted by Crippen LogP contribution is -2.40. The molecule has 0 aliphatic carbocycles. The molecule has 0 spiro atoms. The third-order valence-electron chi connectivity index (χ3n) is 3.74. The Kier molecular flexibility index (Phi) is 7.78. The smallest absolute Gasteiger partial charge is 0.317 e. The molecule has 7 nitrogen and oxygen atoms in total. The summed E-state index contributed by atoms with van der Waals surface area (Å²) >= 11 is 0. The van der Waals surface area contributed by atoms with E-state index in [0.717, 1.165) is 11.1 Å². The van der Waals surface area contributed by atoms with E-state index in [-0.39, 0.29) is 19.1 Å². The summed E-state index contributed by atoms with van der Waals surface area (Å²) in [6, 6.07) is 3.38. The zero-order valence-electron chi connectivity index (χ0n) is 15.2. The largest absolute Gasteiger partial charge is 0.493 e. The molecule has 1 unspecified atom stereocenters. The van der Waals surface area contributed by atoms with E-state index in [1.165, 1.54) is 4.90 Å². The van der Waals surface area contributed by atoms with Crippen LogP contribution in [0.2, 0.25) is 0 Å². The van der Waals surface area contributed by atoms with E-state index in [9.17, 15) is 9.59 Å². The number of nitrogens with zero attached hydrogens (tertiary/aromatic N) is 1. The number of benzene rings is 1. The average molecular weight is 350 g/mol. The SMILES string of the molecule is C=CCc1cc(CNC(=O)N(C)CC(C)C(=O)O)cc(OC)c1OC. The van der Waals surface area contributed by atoms with E-state index in [0.29, 0.717) is 17.9 Å². The summed E-state index contributed by atoms with van der Waals surface area (Å²) in [5.41, 5.74) is 1.76. The Morgan fingerprint density at radius 1 is 1.36 bits per heavy atom. The van der Waals surface area contributed by atoms with Crippen molar-refractivity contribution >= 4 is 12.0 Å². The Hall–Kier alpha value is -2.70. The van der Waals surface area contributed by atoms with Gasteiger partial charge in [0, 0.05) is 25.7 Å². The first kappa shape index (κ1) is 20.3. The third kappa shape index (κ3) is 5.70. The van der Waals surface area contributed by atoms with Gasteiger partial charge in [-0.05, 0) is 24.1 Å². The summed E-state index contributed by atoms with van der Waals surface area (Å²) < 4.78 is 10.7. The topological polar surface area (TPSA) is 88.1 Å². The highest BCUT2D eigenvalue weighted by atomic mass is 16.5. The van der Waals surface area contributed by atoms with Gasteiger partial charge in [0.15, 0.2) is 11.5 Å². The average Bonchev–Trinajstić information content (AvgIpc) is 2.58. The highest BCUT2D eigenvalue weighted by Crippen LogP contribution is 2.33. The van der Waals surface area contributed by atoms with Crippen LogP contribution in [0.4, 0.5) is 4.79 Å². The van der Waals surface area contributed by atoms with Crippen LogP contribution in [0.3, 0.4) is 0 Å². The van der Waals surface area contributed by atoms with Crippen molar-refractivity contribution in [1.82, 2.24) is 10.2 Å². The summed E-state index contributed by atoms with van der Waals surface area (Å²) in [7, 11) is 4.69. The van der Waals surface area contributed by atoms with Gasteiger partial charge in [0.25, 0.3) is 0 Å². The van der Waals surface area contributed by atoms with Gasteiger partial charge in [0.2, 0.25) is 0 Å². The first-order valence-electron chi connectivity index (χ1n) is 7.90. The van der Waals surface area contributed by atoms with Gasteiger partial charge in [-0.25, -0.2) is 4.79 Å². The number of methoxy groups -OCH3 is 2. The van der Waals surface area contributed by atoms with Crippen molar-refractivity contribution in [2.24, 2.45) is 5.92 Å². The van der Waals surface area contributed by atoms with Crippen LogP contribution in [0.15, 0.2) is 24.8 Å². The molecule has 2 N–H and O–H groups in total. The molecule has 7 heteroatoms. The second-order valence-electron chi connectivity index (χ2n) is 5.76. The number of allylic oxidation sites excluding steroid dienone is 1. The summed E-state index contributed by atoms with van der Waals surface area (Å²) in [5.74, 6) is -0.339. The molecule has 138 valence electrons. The van der Waals surface area contributed by atoms with Gasteiger partial charge in [-0.1, -0.05) is 13.0 Å². The highest BCUT2D eigenvalue weighted by molar-refractivity contribution is 5.75. The molecule has 0 aliphatic rings. The van der Waals surface area contributed by atoms with Crippen molar-refractivity contribution in [3.05, 3.63) is 35.9 Å². The number of rotatable bonds is 9. The molecule has 0 aliphatic heterocycles. The fourth-order valence-corrected chi connectivity index (χ4v) is 2.40. The van der Waals surface area contributed by atoms with E-state index in [1.54, 1.807) is 40.3 Å². The minimum atomic E-state index is -0.936. The number of carbonyl (C=O) groups excluding carboxylic acids is 1. The van der Waals surface area contributed by atoms with Crippen LogP contribution in [0.1, 0.15) is 18.1 Å². The normalized spacial score (nSPS) is 11.4. The van der Waals surface area contributed by atoms with Crippen molar-refractivity contribution in [1.29, 1.82) is 0 Å². The fourth-order valence-electron chi connectivity index (χ4n) is 2.40. The molecule has 2 amide bonds. The van der Waals surface area contributed by atoms with Crippen LogP contribution in [0.25, 0.3) is 0 Å². The first-order chi connectivity index (χ1) is 11.8. The van der Waals surface area contributed by atoms with Crippen molar-refractivity contribution in [3.8, 4) is 11.5 Å². The predicted octanol–water partition coefficient (Wildman–Crippen LogP) is 2.29. The molecular formula is C18H26N2O5. The number of nitrogens with one attached hydrogen (secondary N) is 1. The second-order valence-corrected chi connectivity index (χ2v) is 5.76. The van der Waals surface area contributed by atoms with Gasteiger partial charge in [-0.2, -0.15) is 0 Å². The standard InChI is InChI=1S/C18H26N2O5/c1-6-7-14-8-13(9-15(24-4)16(14)25-5)10-19-18(23)20(3)11-12(2)17(21)22/h6,8-9,12H,1,7,10-11H2,2-5H3,(H,19,23)(H,21,22). The lowest BCUT2D eigenvalue weighted by Gasteiger charge is -2.20. The molecular weight excluding hydrogens is 324 g/mol. The van der Waals surface area contributed by atoms with Gasteiger partial charge in [-0.15, -0.1) is 6.58 Å². The number of urea groups is 1. The molecule has 0 radical (unpaired) electrons. The van der Waals surface area contributed by atoms with Crippen molar-refractivity contribution in [2.45, 2.75) is 19.9 Å². The Bertz CT molecular complexity index is 630. The van der Waals surface area contributed by atoms with E-state index in [4.69, 9.17) is 14.6 Å². The van der Waals surface area contributed by atoms with Crippen LogP contribution in [-0.2, 0) is 17.8 Å². The number of carbonyl (C=O) groups is 2. The maximum atomic E-state index is 12.1. The van der Waals surface area contributed by atoms with Gasteiger partial charge in [-0.3, -0.25) is 4.79 Å². The second kappa shape index (κ2) is 9.56. The number of ether oxygens (including phenoxy) is 2. The van der Waals surface area contributed by atoms with Crippen molar-refractivity contribution in [2.75, 3.05) is 27.8 Å². The Labute approximate surface area is 148 Å². The minimum Gasteiger partial charge on any atom is -0.493 e. The van der Waals surface area contributed by atoms with Crippen LogP contribution in [-0.4, -0.2) is 49.8 Å². The molecule has 0 heterocycles. The first-order valence-corrected chi connectivity index (χ1v) is 7.90. The molecule has 0 fully saturated rings. The van der Waals surface area contributed by atoms with E-state index in [1.807, 2.05) is 6.07 Å². The van der Waals surface area contributed by atoms with Crippen LogP contribution in [0, 0.1) is 5.92 Å². The Morgan fingerprint density at radius 3 is 2.56 bits per heavy atom. The summed E-state index contributed by atoms with van der Waals surface area (Å²) in [5, 5.41) is 11.7. The number of carboxylic acid groups (broad SMARTS) is 1. The number of aliphatic carboxylic acids is 1. The van der Waals surface area contributed by atoms with Gasteiger partial charge in [0.05, 0.1) is 20.1 Å². The van der Waals surface area contributed by atoms with Crippen molar-refractivity contribution < 1.29 is 24.2 Å². The molecule has 1 aromatic rings. The van der Waals surface area contributed by atoms with E-state index < -0.39 is 11.9 Å². The van der Waals surface area contributed by atoms with Gasteiger partial charge in [0.1, 0.15) is 0 Å². The third-order valence-corrected chi connectivity index (χ3v) is 3.74. The molecule has 1 aromatic carbocycles. The maximum absolute atomic E-state index is 12.1. The lowest BCUT2D eigenvalue weighted by atomic mass is 10.1. The summed E-state index contributed by atoms with van der Waals surface area (Å²) in [6.07, 6.45) is 2.37. The summed E-state index contributed by atoms with van der Waals surface area (Å²) in [6.45, 7) is 5.71. The van der Waals surface area contributed by atoms with Gasteiger partial charge >= 0.3 is 12.0 Å². The molecule has 0 saturated carbocycles. The number of hydrogen-bond donors (Lipinski definition) is 2. The van der Waals surface area contributed by atoms with Crippen molar-refractivity contribution in [3.63, 3.8) is 0 Å². The Morgan fingerprint density at radius 2 is 2.04 bits per heavy atom. The molecule has 0 bridgehead atoms. The number of carboxylic acids is 1. The minimum absolute atomic E-state index is 0.134. The van der Waals surface area contributed by atoms with Crippen LogP contribution < -0.4 is 14.8 Å². The fraction of sp³-hybridized carbons (Fsp3) is 0.444. The van der Waals surface area contributed by atoms with Gasteiger partial charge < -0.3 is 24.8 Å². The molecule has 0 aromatic heterocycles. The maximum Gasteiger partial charge on any atom is 0.317 e. The molecule has 0 saturated heterocycles. The van der Waals surface area contributed by atoms with E-state index >= 15 is 0 Å². The monoisotopic (exact) mass is 350 g/mol. The van der Waals surface area contributed by atoms with Crippen LogP contribution in [0.5, 0.6) is 11.5 Å². The summed E-state index contributed by atoms with van der Waals surface area (Å²) in [4.78, 5) is 24.3. The molecule has 1 atom stereocenters. The predicted molar refractivity (Wildman–Crippen MR) is 95.1 cm³/mol. The quantitative estimate of drug-likeness (QED) is 0.667. The number of hydrogen-bond acceptors (Lipinski definition) is 4. The zero-order chi connectivity index (χ0) is 19.0. The highest BCUT2D eigenvalue weighted by Gasteiger charge is 2.17. The number of amides is 2. The van der Waals surface area contributed by atoms with Crippen LogP contribution >= 0.6 is 0 Å². The lowest BCUT2D eigenvalue weighted by molar-refractivity contribution is -0.141. The molecule has 1 rings (SSSR count).